The van der Waals surface area contributed by atoms with Gasteiger partial charge in [-0.2, -0.15) is 5.26 Å². The second kappa shape index (κ2) is 7.13. The van der Waals surface area contributed by atoms with Crippen molar-refractivity contribution in [3.63, 3.8) is 0 Å². The van der Waals surface area contributed by atoms with Gasteiger partial charge in [-0.25, -0.2) is 0 Å². The van der Waals surface area contributed by atoms with Gasteiger partial charge in [0.2, 0.25) is 0 Å². The number of amides is 1. The van der Waals surface area contributed by atoms with Crippen molar-refractivity contribution in [3.05, 3.63) is 41.6 Å². The Morgan fingerprint density at radius 3 is 2.41 bits per heavy atom. The monoisotopic (exact) mass is 297 g/mol. The van der Waals surface area contributed by atoms with Gasteiger partial charge in [-0.1, -0.05) is 31.5 Å². The fraction of sp³-hybridized carbons (Fsp3) is 0.444. The van der Waals surface area contributed by atoms with Crippen LogP contribution in [0.2, 0.25) is 0 Å². The number of rotatable bonds is 3. The number of benzene rings is 1. The number of nitrogens with one attached hydrogen (secondary N) is 1. The lowest BCUT2D eigenvalue weighted by Gasteiger charge is -2.34. The molecule has 0 aromatic heterocycles. The molecule has 0 bridgehead atoms. The Hall–Kier alpha value is -2.28. The van der Waals surface area contributed by atoms with Crippen molar-refractivity contribution in [2.75, 3.05) is 18.4 Å². The molecule has 0 aliphatic carbocycles. The molecule has 0 radical (unpaired) electrons. The molecule has 2 unspecified atom stereocenters. The first-order valence-corrected chi connectivity index (χ1v) is 7.72. The number of anilines is 1. The van der Waals surface area contributed by atoms with Gasteiger partial charge in [0.05, 0.1) is 0 Å². The average molecular weight is 297 g/mol. The van der Waals surface area contributed by atoms with Gasteiger partial charge >= 0.3 is 0 Å². The van der Waals surface area contributed by atoms with Gasteiger partial charge in [0.25, 0.3) is 5.91 Å². The van der Waals surface area contributed by atoms with E-state index in [9.17, 15) is 10.1 Å². The maximum atomic E-state index is 12.2. The van der Waals surface area contributed by atoms with E-state index < -0.39 is 0 Å². The van der Waals surface area contributed by atoms with Crippen LogP contribution in [-0.4, -0.2) is 23.9 Å². The van der Waals surface area contributed by atoms with Crippen LogP contribution in [0.4, 0.5) is 5.69 Å². The molecule has 1 aromatic rings. The van der Waals surface area contributed by atoms with Gasteiger partial charge in [-0.3, -0.25) is 4.79 Å². The minimum Gasteiger partial charge on any atom is -0.376 e. The number of nitrogens with zero attached hydrogens (tertiary/aromatic N) is 2. The summed E-state index contributed by atoms with van der Waals surface area (Å²) >= 11 is 0. The standard InChI is InChI=1S/C18H23N3O/c1-13-4-6-17(7-5-13)20-18(22)16(9-19)12-21-10-14(2)8-15(3)11-21/h4-7,12,14-15H,8,10-11H2,1-3H3,(H,20,22)/b16-12-. The Bertz CT molecular complexity index is 588. The molecule has 116 valence electrons. The van der Waals surface area contributed by atoms with E-state index >= 15 is 0 Å². The van der Waals surface area contributed by atoms with E-state index in [1.54, 1.807) is 6.20 Å². The molecule has 1 aliphatic rings. The summed E-state index contributed by atoms with van der Waals surface area (Å²) in [5.74, 6) is 0.817. The molecule has 0 spiro atoms. The Balaban J connectivity index is 2.06. The molecule has 1 heterocycles. The number of hydrogen-bond acceptors (Lipinski definition) is 3. The number of carbonyl (C=O) groups excluding carboxylic acids is 1. The maximum absolute atomic E-state index is 12.2. The second-order valence-corrected chi connectivity index (χ2v) is 6.37. The van der Waals surface area contributed by atoms with Crippen molar-refractivity contribution in [2.24, 2.45) is 11.8 Å². The highest BCUT2D eigenvalue weighted by Crippen LogP contribution is 2.21. The molecule has 1 amide bonds. The lowest BCUT2D eigenvalue weighted by atomic mass is 9.92. The Morgan fingerprint density at radius 1 is 1.27 bits per heavy atom. The summed E-state index contributed by atoms with van der Waals surface area (Å²) in [7, 11) is 0. The first kappa shape index (κ1) is 16.1. The quantitative estimate of drug-likeness (QED) is 0.688. The van der Waals surface area contributed by atoms with Crippen LogP contribution in [0.1, 0.15) is 25.8 Å². The van der Waals surface area contributed by atoms with E-state index in [0.717, 1.165) is 18.7 Å². The minimum absolute atomic E-state index is 0.155. The van der Waals surface area contributed by atoms with E-state index in [1.165, 1.54) is 6.42 Å². The highest BCUT2D eigenvalue weighted by molar-refractivity contribution is 6.06. The van der Waals surface area contributed by atoms with Crippen LogP contribution in [0, 0.1) is 30.1 Å². The molecule has 4 nitrogen and oxygen atoms in total. The van der Waals surface area contributed by atoms with Crippen LogP contribution in [-0.2, 0) is 4.79 Å². The van der Waals surface area contributed by atoms with Crippen molar-refractivity contribution in [1.29, 1.82) is 5.26 Å². The Labute approximate surface area is 132 Å². The molecule has 2 rings (SSSR count). The zero-order valence-corrected chi connectivity index (χ0v) is 13.5. The van der Waals surface area contributed by atoms with Gasteiger partial charge in [-0.15, -0.1) is 0 Å². The summed E-state index contributed by atoms with van der Waals surface area (Å²) in [6, 6.07) is 9.56. The molecule has 1 saturated heterocycles. The number of nitriles is 1. The highest BCUT2D eigenvalue weighted by Gasteiger charge is 2.21. The van der Waals surface area contributed by atoms with Gasteiger partial charge in [-0.05, 0) is 37.3 Å². The summed E-state index contributed by atoms with van der Waals surface area (Å²) in [6.07, 6.45) is 2.90. The molecule has 1 N–H and O–H groups in total. The van der Waals surface area contributed by atoms with Crippen molar-refractivity contribution in [1.82, 2.24) is 4.90 Å². The third-order valence-corrected chi connectivity index (χ3v) is 3.88. The second-order valence-electron chi connectivity index (χ2n) is 6.37. The third-order valence-electron chi connectivity index (χ3n) is 3.88. The molecule has 4 heteroatoms. The number of carbonyl (C=O) groups is 1. The first-order valence-electron chi connectivity index (χ1n) is 7.72. The molecule has 22 heavy (non-hydrogen) atoms. The smallest absolute Gasteiger partial charge is 0.267 e. The molecule has 0 saturated carbocycles. The first-order chi connectivity index (χ1) is 10.5. The lowest BCUT2D eigenvalue weighted by molar-refractivity contribution is -0.112. The number of hydrogen-bond donors (Lipinski definition) is 1. The fourth-order valence-corrected chi connectivity index (χ4v) is 2.97. The summed E-state index contributed by atoms with van der Waals surface area (Å²) in [4.78, 5) is 14.3. The van der Waals surface area contributed by atoms with Crippen LogP contribution in [0.15, 0.2) is 36.0 Å². The zero-order valence-electron chi connectivity index (χ0n) is 13.5. The third kappa shape index (κ3) is 4.36. The number of aryl methyl sites for hydroxylation is 1. The Kier molecular flexibility index (Phi) is 5.21. The topological polar surface area (TPSA) is 56.1 Å². The van der Waals surface area contributed by atoms with E-state index in [4.69, 9.17) is 0 Å². The SMILES string of the molecule is Cc1ccc(NC(=O)/C(C#N)=C\N2CC(C)CC(C)C2)cc1. The van der Waals surface area contributed by atoms with Crippen molar-refractivity contribution < 1.29 is 4.79 Å². The maximum Gasteiger partial charge on any atom is 0.267 e. The lowest BCUT2D eigenvalue weighted by Crippen LogP contribution is -2.35. The van der Waals surface area contributed by atoms with E-state index in [1.807, 2.05) is 37.3 Å². The molecule has 1 aliphatic heterocycles. The van der Waals surface area contributed by atoms with Gasteiger partial charge in [0.15, 0.2) is 0 Å². The molecule has 2 atom stereocenters. The van der Waals surface area contributed by atoms with E-state index in [0.29, 0.717) is 17.5 Å². The summed E-state index contributed by atoms with van der Waals surface area (Å²) in [6.45, 7) is 8.19. The predicted octanol–water partition coefficient (Wildman–Crippen LogP) is 3.32. The highest BCUT2D eigenvalue weighted by atomic mass is 16.1. The number of likely N-dealkylation sites (tertiary alicyclic amines) is 1. The van der Waals surface area contributed by atoms with Crippen molar-refractivity contribution in [3.8, 4) is 6.07 Å². The normalized spacial score (nSPS) is 22.1. The molecular formula is C18H23N3O. The van der Waals surface area contributed by atoms with Gasteiger partial charge in [0, 0.05) is 25.0 Å². The van der Waals surface area contributed by atoms with Crippen molar-refractivity contribution >= 4 is 11.6 Å². The van der Waals surface area contributed by atoms with Crippen LogP contribution < -0.4 is 5.32 Å². The molecular weight excluding hydrogens is 274 g/mol. The fourth-order valence-electron chi connectivity index (χ4n) is 2.97. The van der Waals surface area contributed by atoms with E-state index in [2.05, 4.69) is 24.1 Å². The minimum atomic E-state index is -0.350. The van der Waals surface area contributed by atoms with Crippen LogP contribution in [0.5, 0.6) is 0 Å². The van der Waals surface area contributed by atoms with Crippen LogP contribution >= 0.6 is 0 Å². The predicted molar refractivity (Wildman–Crippen MR) is 88.0 cm³/mol. The van der Waals surface area contributed by atoms with Gasteiger partial charge in [0.1, 0.15) is 11.6 Å². The van der Waals surface area contributed by atoms with E-state index in [-0.39, 0.29) is 11.5 Å². The van der Waals surface area contributed by atoms with Crippen LogP contribution in [0.3, 0.4) is 0 Å². The largest absolute Gasteiger partial charge is 0.376 e. The number of piperidine rings is 1. The van der Waals surface area contributed by atoms with Gasteiger partial charge < -0.3 is 10.2 Å². The summed E-state index contributed by atoms with van der Waals surface area (Å²) < 4.78 is 0. The zero-order chi connectivity index (χ0) is 16.1. The summed E-state index contributed by atoms with van der Waals surface area (Å²) in [5.41, 5.74) is 1.99. The summed E-state index contributed by atoms with van der Waals surface area (Å²) in [5, 5.41) is 12.1. The average Bonchev–Trinajstić information content (AvgIpc) is 2.46. The van der Waals surface area contributed by atoms with Crippen LogP contribution in [0.25, 0.3) is 0 Å². The van der Waals surface area contributed by atoms with Crippen molar-refractivity contribution in [2.45, 2.75) is 27.2 Å². The Morgan fingerprint density at radius 2 is 1.86 bits per heavy atom. The molecule has 1 aromatic carbocycles. The molecule has 1 fully saturated rings.